The molecule has 1 N–H and O–H groups in total. The Labute approximate surface area is 159 Å². The van der Waals surface area contributed by atoms with Crippen molar-refractivity contribution in [2.24, 2.45) is 0 Å². The van der Waals surface area contributed by atoms with E-state index in [-0.39, 0.29) is 10.0 Å². The molecule has 0 bridgehead atoms. The second-order valence-electron chi connectivity index (χ2n) is 4.90. The van der Waals surface area contributed by atoms with Gasteiger partial charge < -0.3 is 0 Å². The third-order valence-corrected chi connectivity index (χ3v) is 5.26. The van der Waals surface area contributed by atoms with Gasteiger partial charge in [-0.15, -0.1) is 0 Å². The normalized spacial score (nSPS) is 15.5. The maximum atomic E-state index is 12.5. The molecule has 0 unspecified atom stereocenters. The average Bonchev–Trinajstić information content (AvgIpc) is 3.19. The topological polar surface area (TPSA) is 119 Å². The number of benzene rings is 1. The number of hydrogen-bond donors (Lipinski definition) is 1. The molecule has 0 saturated carbocycles. The van der Waals surface area contributed by atoms with Crippen LogP contribution in [-0.2, 0) is 4.79 Å². The van der Waals surface area contributed by atoms with E-state index in [0.29, 0.717) is 4.91 Å². The van der Waals surface area contributed by atoms with E-state index in [4.69, 9.17) is 12.2 Å². The number of amides is 1. The highest BCUT2D eigenvalue weighted by molar-refractivity contribution is 8.26. The summed E-state index contributed by atoms with van der Waals surface area (Å²) in [7, 11) is 0. The van der Waals surface area contributed by atoms with Gasteiger partial charge in [-0.05, 0) is 46.8 Å². The summed E-state index contributed by atoms with van der Waals surface area (Å²) in [6.07, 6.45) is 1.67. The first-order chi connectivity index (χ1) is 12.4. The summed E-state index contributed by atoms with van der Waals surface area (Å²) >= 11 is 7.69. The number of hydrazine groups is 1. The lowest BCUT2D eigenvalue weighted by molar-refractivity contribution is -0.393. The van der Waals surface area contributed by atoms with Crippen molar-refractivity contribution >= 4 is 68.7 Å². The van der Waals surface area contributed by atoms with Crippen molar-refractivity contribution in [2.45, 2.75) is 0 Å². The quantitative estimate of drug-likeness (QED) is 0.343. The summed E-state index contributed by atoms with van der Waals surface area (Å²) in [5.74, 6) is -0.459. The number of nitro benzene ring substituents is 2. The molecule has 0 radical (unpaired) electrons. The van der Waals surface area contributed by atoms with Crippen LogP contribution in [0.5, 0.6) is 0 Å². The van der Waals surface area contributed by atoms with Gasteiger partial charge in [0.25, 0.3) is 11.6 Å². The molecule has 132 valence electrons. The van der Waals surface area contributed by atoms with Crippen LogP contribution in [0.25, 0.3) is 6.08 Å². The minimum Gasteiger partial charge on any atom is -0.283 e. The fraction of sp³-hybridized carbons (Fsp3) is 0. The summed E-state index contributed by atoms with van der Waals surface area (Å²) < 4.78 is 0.170. The van der Waals surface area contributed by atoms with Crippen molar-refractivity contribution in [3.63, 3.8) is 0 Å². The number of thiophene rings is 1. The second-order valence-corrected chi connectivity index (χ2v) is 7.36. The van der Waals surface area contributed by atoms with Crippen LogP contribution in [0.15, 0.2) is 39.9 Å². The van der Waals surface area contributed by atoms with E-state index in [0.717, 1.165) is 40.5 Å². The Kier molecular flexibility index (Phi) is 4.97. The predicted molar refractivity (Wildman–Crippen MR) is 103 cm³/mol. The number of rotatable bonds is 5. The van der Waals surface area contributed by atoms with Gasteiger partial charge in [-0.25, -0.2) is 5.01 Å². The lowest BCUT2D eigenvalue weighted by Gasteiger charge is -2.16. The Hall–Kier alpha value is -2.83. The predicted octanol–water partition coefficient (Wildman–Crippen LogP) is 3.79. The molecule has 0 atom stereocenters. The number of non-ortho nitro benzene ring substituents is 1. The van der Waals surface area contributed by atoms with Gasteiger partial charge in [-0.2, -0.15) is 11.3 Å². The van der Waals surface area contributed by atoms with Crippen LogP contribution in [0.3, 0.4) is 0 Å². The minimum atomic E-state index is -0.770. The number of carbonyl (C=O) groups is 1. The molecule has 26 heavy (non-hydrogen) atoms. The Morgan fingerprint density at radius 2 is 1.96 bits per heavy atom. The molecule has 1 aromatic heterocycles. The Bertz CT molecular complexity index is 957. The molecule has 3 rings (SSSR count). The molecule has 9 nitrogen and oxygen atoms in total. The molecule has 1 saturated heterocycles. The van der Waals surface area contributed by atoms with Crippen LogP contribution in [0.4, 0.5) is 17.1 Å². The molecule has 0 spiro atoms. The third kappa shape index (κ3) is 3.56. The van der Waals surface area contributed by atoms with E-state index in [9.17, 15) is 25.0 Å². The molecular formula is C14H8N4O5S3. The van der Waals surface area contributed by atoms with E-state index < -0.39 is 27.1 Å². The van der Waals surface area contributed by atoms with Crippen LogP contribution in [-0.4, -0.2) is 25.1 Å². The van der Waals surface area contributed by atoms with Crippen molar-refractivity contribution in [1.29, 1.82) is 0 Å². The second kappa shape index (κ2) is 7.19. The molecule has 2 aromatic rings. The first kappa shape index (κ1) is 18.0. The number of nitrogens with zero attached hydrogens (tertiary/aromatic N) is 3. The van der Waals surface area contributed by atoms with Crippen molar-refractivity contribution in [3.8, 4) is 0 Å². The van der Waals surface area contributed by atoms with Crippen LogP contribution in [0.1, 0.15) is 5.56 Å². The first-order valence-corrected chi connectivity index (χ1v) is 9.03. The number of carbonyl (C=O) groups excluding carboxylic acids is 1. The van der Waals surface area contributed by atoms with E-state index in [1.54, 1.807) is 6.08 Å². The van der Waals surface area contributed by atoms with Gasteiger partial charge in [0.15, 0.2) is 4.32 Å². The number of nitro groups is 2. The van der Waals surface area contributed by atoms with Crippen LogP contribution in [0, 0.1) is 20.2 Å². The van der Waals surface area contributed by atoms with E-state index in [1.165, 1.54) is 11.3 Å². The molecule has 12 heteroatoms. The van der Waals surface area contributed by atoms with Crippen molar-refractivity contribution in [1.82, 2.24) is 5.01 Å². The first-order valence-electron chi connectivity index (χ1n) is 6.86. The van der Waals surface area contributed by atoms with E-state index in [1.807, 2.05) is 16.8 Å². The summed E-state index contributed by atoms with van der Waals surface area (Å²) in [5, 5.41) is 26.7. The lowest BCUT2D eigenvalue weighted by Crippen LogP contribution is -2.34. The molecule has 1 aromatic carbocycles. The molecule has 1 fully saturated rings. The number of thiocarbonyl (C=S) groups is 1. The SMILES string of the molecule is O=C1/C(=C/c2ccsc2)SC(=S)N1Nc1ccc([N+](=O)[O-])cc1[N+](=O)[O-]. The molecule has 1 aliphatic heterocycles. The highest BCUT2D eigenvalue weighted by atomic mass is 32.2. The number of hydrogen-bond acceptors (Lipinski definition) is 9. The van der Waals surface area contributed by atoms with Crippen LogP contribution < -0.4 is 5.43 Å². The van der Waals surface area contributed by atoms with Gasteiger partial charge in [0, 0.05) is 6.07 Å². The average molecular weight is 408 g/mol. The van der Waals surface area contributed by atoms with E-state index in [2.05, 4.69) is 5.43 Å². The Morgan fingerprint density at radius 3 is 2.58 bits per heavy atom. The zero-order valence-corrected chi connectivity index (χ0v) is 15.1. The number of thioether (sulfide) groups is 1. The van der Waals surface area contributed by atoms with Gasteiger partial charge >= 0.3 is 5.69 Å². The van der Waals surface area contributed by atoms with Gasteiger partial charge in [0.2, 0.25) is 0 Å². The van der Waals surface area contributed by atoms with Crippen molar-refractivity contribution < 1.29 is 14.6 Å². The highest BCUT2D eigenvalue weighted by Gasteiger charge is 2.34. The standard InChI is InChI=1S/C14H8N4O5S3/c19-13-12(5-8-3-4-25-7-8)26-14(24)16(13)15-10-2-1-9(17(20)21)6-11(10)18(22)23/h1-7,15H/b12-5-. The maximum Gasteiger partial charge on any atom is 0.300 e. The molecular weight excluding hydrogens is 400 g/mol. The molecule has 2 heterocycles. The monoisotopic (exact) mass is 408 g/mol. The molecule has 1 amide bonds. The number of anilines is 1. The maximum absolute atomic E-state index is 12.5. The fourth-order valence-electron chi connectivity index (χ4n) is 2.07. The zero-order valence-electron chi connectivity index (χ0n) is 12.6. The zero-order chi connectivity index (χ0) is 18.8. The smallest absolute Gasteiger partial charge is 0.283 e. The summed E-state index contributed by atoms with van der Waals surface area (Å²) in [4.78, 5) is 33.4. The largest absolute Gasteiger partial charge is 0.300 e. The van der Waals surface area contributed by atoms with Gasteiger partial charge in [-0.3, -0.25) is 30.4 Å². The van der Waals surface area contributed by atoms with Crippen LogP contribution in [0.2, 0.25) is 0 Å². The van der Waals surface area contributed by atoms with Gasteiger partial charge in [-0.1, -0.05) is 11.8 Å². The fourth-order valence-corrected chi connectivity index (χ4v) is 3.87. The van der Waals surface area contributed by atoms with Crippen LogP contribution >= 0.6 is 35.3 Å². The lowest BCUT2D eigenvalue weighted by atomic mass is 10.2. The van der Waals surface area contributed by atoms with Crippen molar-refractivity contribution in [2.75, 3.05) is 5.43 Å². The molecule has 0 aliphatic carbocycles. The Morgan fingerprint density at radius 1 is 1.19 bits per heavy atom. The summed E-state index contributed by atoms with van der Waals surface area (Å²) in [5.41, 5.74) is 2.40. The third-order valence-electron chi connectivity index (χ3n) is 3.26. The van der Waals surface area contributed by atoms with Gasteiger partial charge in [0.05, 0.1) is 20.8 Å². The van der Waals surface area contributed by atoms with E-state index >= 15 is 0 Å². The Balaban J connectivity index is 1.89. The van der Waals surface area contributed by atoms with Gasteiger partial charge in [0.1, 0.15) is 5.69 Å². The summed E-state index contributed by atoms with van der Waals surface area (Å²) in [6.45, 7) is 0. The molecule has 1 aliphatic rings. The van der Waals surface area contributed by atoms with Crippen molar-refractivity contribution in [3.05, 3.63) is 65.7 Å². The minimum absolute atomic E-state index is 0.0753. The number of nitrogens with one attached hydrogen (secondary N) is 1. The summed E-state index contributed by atoms with van der Waals surface area (Å²) in [6, 6.07) is 4.93. The highest BCUT2D eigenvalue weighted by Crippen LogP contribution is 2.35.